The summed E-state index contributed by atoms with van der Waals surface area (Å²) in [6.45, 7) is 1.98. The standard InChI is InChI=1S/C8H7N3O2S/c1-6-2-3-8(14-6)10-5-7(4-9-10)11(12)13/h2-5H,1H3. The third kappa shape index (κ3) is 1.51. The van der Waals surface area contributed by atoms with Crippen LogP contribution < -0.4 is 0 Å². The second-order valence-corrected chi connectivity index (χ2v) is 4.05. The molecule has 72 valence electrons. The van der Waals surface area contributed by atoms with Crippen LogP contribution in [0.1, 0.15) is 4.88 Å². The summed E-state index contributed by atoms with van der Waals surface area (Å²) in [5.74, 6) is 0. The van der Waals surface area contributed by atoms with E-state index in [0.29, 0.717) is 0 Å². The lowest BCUT2D eigenvalue weighted by molar-refractivity contribution is -0.384. The number of aryl methyl sites for hydroxylation is 1. The maximum atomic E-state index is 10.4. The van der Waals surface area contributed by atoms with E-state index in [9.17, 15) is 10.1 Å². The van der Waals surface area contributed by atoms with Gasteiger partial charge in [-0.05, 0) is 19.1 Å². The molecule has 0 aromatic carbocycles. The smallest absolute Gasteiger partial charge is 0.258 e. The van der Waals surface area contributed by atoms with E-state index >= 15 is 0 Å². The van der Waals surface area contributed by atoms with Crippen molar-refractivity contribution in [3.05, 3.63) is 39.5 Å². The molecule has 2 aromatic heterocycles. The van der Waals surface area contributed by atoms with E-state index in [2.05, 4.69) is 5.10 Å². The molecule has 6 heteroatoms. The van der Waals surface area contributed by atoms with Gasteiger partial charge in [0.1, 0.15) is 17.4 Å². The molecule has 5 nitrogen and oxygen atoms in total. The van der Waals surface area contributed by atoms with Crippen LogP contribution in [0.3, 0.4) is 0 Å². The van der Waals surface area contributed by atoms with Gasteiger partial charge in [0.2, 0.25) is 0 Å². The average molecular weight is 209 g/mol. The molecule has 0 bridgehead atoms. The van der Waals surface area contributed by atoms with E-state index in [-0.39, 0.29) is 5.69 Å². The van der Waals surface area contributed by atoms with Crippen molar-refractivity contribution in [1.29, 1.82) is 0 Å². The first kappa shape index (κ1) is 8.89. The fraction of sp³-hybridized carbons (Fsp3) is 0.125. The van der Waals surface area contributed by atoms with Gasteiger partial charge in [-0.15, -0.1) is 11.3 Å². The third-order valence-electron chi connectivity index (χ3n) is 1.73. The average Bonchev–Trinajstić information content (AvgIpc) is 2.70. The Morgan fingerprint density at radius 3 is 2.86 bits per heavy atom. The van der Waals surface area contributed by atoms with Crippen molar-refractivity contribution < 1.29 is 4.92 Å². The maximum absolute atomic E-state index is 10.4. The minimum atomic E-state index is -0.454. The second-order valence-electron chi connectivity index (χ2n) is 2.78. The van der Waals surface area contributed by atoms with E-state index in [1.54, 1.807) is 11.3 Å². The second kappa shape index (κ2) is 3.22. The highest BCUT2D eigenvalue weighted by molar-refractivity contribution is 7.14. The lowest BCUT2D eigenvalue weighted by atomic mass is 10.5. The number of hydrogen-bond acceptors (Lipinski definition) is 4. The summed E-state index contributed by atoms with van der Waals surface area (Å²) >= 11 is 1.54. The minimum Gasteiger partial charge on any atom is -0.258 e. The van der Waals surface area contributed by atoms with Crippen molar-refractivity contribution >= 4 is 17.0 Å². The topological polar surface area (TPSA) is 61.0 Å². The fourth-order valence-electron chi connectivity index (χ4n) is 1.07. The van der Waals surface area contributed by atoms with Crippen molar-refractivity contribution in [2.24, 2.45) is 0 Å². The van der Waals surface area contributed by atoms with Gasteiger partial charge in [0, 0.05) is 4.88 Å². The Morgan fingerprint density at radius 2 is 2.36 bits per heavy atom. The van der Waals surface area contributed by atoms with Crippen LogP contribution in [0.4, 0.5) is 5.69 Å². The highest BCUT2D eigenvalue weighted by Crippen LogP contribution is 2.20. The molecule has 0 amide bonds. The molecule has 0 radical (unpaired) electrons. The molecule has 0 N–H and O–H groups in total. The molecule has 0 saturated carbocycles. The Kier molecular flexibility index (Phi) is 2.05. The zero-order valence-electron chi connectivity index (χ0n) is 7.38. The summed E-state index contributed by atoms with van der Waals surface area (Å²) in [6, 6.07) is 3.84. The van der Waals surface area contributed by atoms with Crippen molar-refractivity contribution in [2.75, 3.05) is 0 Å². The Labute approximate surface area is 83.8 Å². The van der Waals surface area contributed by atoms with Crippen LogP contribution in [-0.4, -0.2) is 14.7 Å². The molecular weight excluding hydrogens is 202 g/mol. The quantitative estimate of drug-likeness (QED) is 0.562. The van der Waals surface area contributed by atoms with Crippen molar-refractivity contribution in [1.82, 2.24) is 9.78 Å². The van der Waals surface area contributed by atoms with E-state index in [0.717, 1.165) is 9.88 Å². The van der Waals surface area contributed by atoms with Gasteiger partial charge in [0.15, 0.2) is 0 Å². The van der Waals surface area contributed by atoms with Crippen LogP contribution in [0.25, 0.3) is 5.00 Å². The molecule has 0 fully saturated rings. The molecular formula is C8H7N3O2S. The first-order chi connectivity index (χ1) is 6.66. The molecule has 2 rings (SSSR count). The maximum Gasteiger partial charge on any atom is 0.307 e. The predicted octanol–water partition coefficient (Wildman–Crippen LogP) is 2.15. The van der Waals surface area contributed by atoms with E-state index in [4.69, 9.17) is 0 Å². The van der Waals surface area contributed by atoms with Gasteiger partial charge >= 0.3 is 5.69 Å². The SMILES string of the molecule is Cc1ccc(-n2cc([N+](=O)[O-])cn2)s1. The highest BCUT2D eigenvalue weighted by Gasteiger charge is 2.10. The predicted molar refractivity (Wildman–Crippen MR) is 52.8 cm³/mol. The van der Waals surface area contributed by atoms with Gasteiger partial charge in [0.25, 0.3) is 0 Å². The fourth-order valence-corrected chi connectivity index (χ4v) is 1.87. The van der Waals surface area contributed by atoms with Gasteiger partial charge < -0.3 is 0 Å². The van der Waals surface area contributed by atoms with E-state index in [1.807, 2.05) is 19.1 Å². The van der Waals surface area contributed by atoms with Gasteiger partial charge in [-0.3, -0.25) is 10.1 Å². The summed E-state index contributed by atoms with van der Waals surface area (Å²) in [7, 11) is 0. The van der Waals surface area contributed by atoms with Crippen molar-refractivity contribution in [2.45, 2.75) is 6.92 Å². The zero-order valence-corrected chi connectivity index (χ0v) is 8.19. The van der Waals surface area contributed by atoms with Gasteiger partial charge in [-0.25, -0.2) is 4.68 Å². The molecule has 0 spiro atoms. The number of rotatable bonds is 2. The summed E-state index contributed by atoms with van der Waals surface area (Å²) < 4.78 is 1.51. The van der Waals surface area contributed by atoms with Crippen LogP contribution in [0, 0.1) is 17.0 Å². The molecule has 0 aliphatic carbocycles. The number of aromatic nitrogens is 2. The number of nitro groups is 1. The van der Waals surface area contributed by atoms with Crippen LogP contribution >= 0.6 is 11.3 Å². The Balaban J connectivity index is 2.38. The molecule has 0 atom stereocenters. The normalized spacial score (nSPS) is 10.4. The third-order valence-corrected chi connectivity index (χ3v) is 2.72. The largest absolute Gasteiger partial charge is 0.307 e. The monoisotopic (exact) mass is 209 g/mol. The number of nitrogens with zero attached hydrogens (tertiary/aromatic N) is 3. The van der Waals surface area contributed by atoms with Crippen LogP contribution in [0.15, 0.2) is 24.5 Å². The highest BCUT2D eigenvalue weighted by atomic mass is 32.1. The summed E-state index contributed by atoms with van der Waals surface area (Å²) in [5, 5.41) is 15.2. The first-order valence-corrected chi connectivity index (χ1v) is 4.74. The lowest BCUT2D eigenvalue weighted by Gasteiger charge is -1.91. The summed E-state index contributed by atoms with van der Waals surface area (Å²) in [5.41, 5.74) is 0.0102. The summed E-state index contributed by atoms with van der Waals surface area (Å²) in [6.07, 6.45) is 2.65. The summed E-state index contributed by atoms with van der Waals surface area (Å²) in [4.78, 5) is 11.1. The van der Waals surface area contributed by atoms with Gasteiger partial charge in [0.05, 0.1) is 4.92 Å². The zero-order chi connectivity index (χ0) is 10.1. The Morgan fingerprint density at radius 1 is 1.57 bits per heavy atom. The van der Waals surface area contributed by atoms with Gasteiger partial charge in [-0.2, -0.15) is 5.10 Å². The van der Waals surface area contributed by atoms with Crippen molar-refractivity contribution in [3.63, 3.8) is 0 Å². The molecule has 0 aliphatic heterocycles. The van der Waals surface area contributed by atoms with Gasteiger partial charge in [-0.1, -0.05) is 0 Å². The van der Waals surface area contributed by atoms with Crippen LogP contribution in [0.5, 0.6) is 0 Å². The van der Waals surface area contributed by atoms with Crippen molar-refractivity contribution in [3.8, 4) is 5.00 Å². The Hall–Kier alpha value is -1.69. The number of hydrogen-bond donors (Lipinski definition) is 0. The first-order valence-electron chi connectivity index (χ1n) is 3.93. The van der Waals surface area contributed by atoms with E-state index in [1.165, 1.54) is 17.1 Å². The lowest BCUT2D eigenvalue weighted by Crippen LogP contribution is -1.89. The van der Waals surface area contributed by atoms with Crippen LogP contribution in [-0.2, 0) is 0 Å². The molecule has 0 aliphatic rings. The number of thiophene rings is 1. The molecule has 0 unspecified atom stereocenters. The van der Waals surface area contributed by atoms with Crippen LogP contribution in [0.2, 0.25) is 0 Å². The molecule has 0 saturated heterocycles. The molecule has 2 aromatic rings. The molecule has 2 heterocycles. The molecule has 14 heavy (non-hydrogen) atoms. The van der Waals surface area contributed by atoms with E-state index < -0.39 is 4.92 Å². The Bertz CT molecular complexity index is 474. The minimum absolute atomic E-state index is 0.0102.